The molecule has 0 aliphatic carbocycles. The first-order valence-electron chi connectivity index (χ1n) is 6.13. The van der Waals surface area contributed by atoms with Crippen LogP contribution in [0.5, 0.6) is 0 Å². The zero-order valence-electron chi connectivity index (χ0n) is 10.2. The fourth-order valence-electron chi connectivity index (χ4n) is 1.61. The molecule has 0 aromatic carbocycles. The molecule has 0 amide bonds. The molecular formula is C12H21F3O2. The fourth-order valence-corrected chi connectivity index (χ4v) is 1.61. The van der Waals surface area contributed by atoms with Crippen LogP contribution in [0.25, 0.3) is 0 Å². The minimum Gasteiger partial charge on any atom is -0.481 e. The van der Waals surface area contributed by atoms with Crippen LogP contribution in [-0.2, 0) is 4.79 Å². The van der Waals surface area contributed by atoms with E-state index in [0.29, 0.717) is 6.42 Å². The van der Waals surface area contributed by atoms with Crippen LogP contribution in [0.1, 0.15) is 51.9 Å². The third kappa shape index (κ3) is 8.05. The van der Waals surface area contributed by atoms with Crippen LogP contribution < -0.4 is 0 Å². The van der Waals surface area contributed by atoms with E-state index in [-0.39, 0.29) is 6.42 Å². The molecule has 0 aromatic rings. The van der Waals surface area contributed by atoms with Gasteiger partial charge in [-0.2, -0.15) is 0 Å². The SMILES string of the molecule is CCCCCCCC(F)C(F)C(F)CC(=O)O. The number of carbonyl (C=O) groups is 1. The van der Waals surface area contributed by atoms with Crippen LogP contribution in [0.15, 0.2) is 0 Å². The molecule has 0 spiro atoms. The molecule has 0 heterocycles. The number of hydrogen-bond donors (Lipinski definition) is 1. The van der Waals surface area contributed by atoms with E-state index < -0.39 is 30.9 Å². The Balaban J connectivity index is 3.72. The molecule has 3 atom stereocenters. The van der Waals surface area contributed by atoms with Gasteiger partial charge in [0.15, 0.2) is 6.17 Å². The predicted molar refractivity (Wildman–Crippen MR) is 60.3 cm³/mol. The van der Waals surface area contributed by atoms with E-state index in [9.17, 15) is 18.0 Å². The molecule has 17 heavy (non-hydrogen) atoms. The lowest BCUT2D eigenvalue weighted by molar-refractivity contribution is -0.139. The Hall–Kier alpha value is -0.740. The predicted octanol–water partition coefficient (Wildman–Crippen LogP) is 3.84. The first-order chi connectivity index (χ1) is 7.99. The highest BCUT2D eigenvalue weighted by atomic mass is 19.2. The summed E-state index contributed by atoms with van der Waals surface area (Å²) in [5.41, 5.74) is 0. The second-order valence-corrected chi connectivity index (χ2v) is 4.28. The summed E-state index contributed by atoms with van der Waals surface area (Å²) in [6, 6.07) is 0. The molecule has 0 aromatic heterocycles. The number of alkyl halides is 3. The van der Waals surface area contributed by atoms with Crippen LogP contribution >= 0.6 is 0 Å². The van der Waals surface area contributed by atoms with Gasteiger partial charge < -0.3 is 5.11 Å². The van der Waals surface area contributed by atoms with Crippen molar-refractivity contribution in [2.75, 3.05) is 0 Å². The van der Waals surface area contributed by atoms with Gasteiger partial charge in [-0.15, -0.1) is 0 Å². The Morgan fingerprint density at radius 3 is 2.18 bits per heavy atom. The third-order valence-electron chi connectivity index (χ3n) is 2.64. The van der Waals surface area contributed by atoms with Crippen LogP contribution in [0.4, 0.5) is 13.2 Å². The maximum Gasteiger partial charge on any atom is 0.306 e. The molecule has 0 aliphatic heterocycles. The number of halogens is 3. The minimum absolute atomic E-state index is 0.0368. The van der Waals surface area contributed by atoms with Gasteiger partial charge in [0.25, 0.3) is 0 Å². The fraction of sp³-hybridized carbons (Fsp3) is 0.917. The highest BCUT2D eigenvalue weighted by Crippen LogP contribution is 2.20. The van der Waals surface area contributed by atoms with Crippen molar-refractivity contribution in [3.63, 3.8) is 0 Å². The molecule has 5 heteroatoms. The molecular weight excluding hydrogens is 233 g/mol. The van der Waals surface area contributed by atoms with Gasteiger partial charge >= 0.3 is 5.97 Å². The Morgan fingerprint density at radius 1 is 1.06 bits per heavy atom. The Labute approximate surface area is 100 Å². The summed E-state index contributed by atoms with van der Waals surface area (Å²) < 4.78 is 39.2. The average molecular weight is 254 g/mol. The molecule has 0 aliphatic rings. The van der Waals surface area contributed by atoms with Crippen molar-refractivity contribution < 1.29 is 23.1 Å². The standard InChI is InChI=1S/C12H21F3O2/c1-2-3-4-5-6-7-9(13)12(15)10(14)8-11(16)17/h9-10,12H,2-8H2,1H3,(H,16,17). The van der Waals surface area contributed by atoms with Crippen molar-refractivity contribution in [1.29, 1.82) is 0 Å². The zero-order chi connectivity index (χ0) is 13.3. The summed E-state index contributed by atoms with van der Waals surface area (Å²) in [5, 5.41) is 8.26. The van der Waals surface area contributed by atoms with E-state index >= 15 is 0 Å². The summed E-state index contributed by atoms with van der Waals surface area (Å²) in [4.78, 5) is 10.1. The van der Waals surface area contributed by atoms with E-state index in [2.05, 4.69) is 6.92 Å². The van der Waals surface area contributed by atoms with Gasteiger partial charge in [-0.1, -0.05) is 39.0 Å². The summed E-state index contributed by atoms with van der Waals surface area (Å²) in [7, 11) is 0. The van der Waals surface area contributed by atoms with Crippen LogP contribution in [0, 0.1) is 0 Å². The molecule has 3 unspecified atom stereocenters. The van der Waals surface area contributed by atoms with Gasteiger partial charge in [0.2, 0.25) is 0 Å². The molecule has 0 radical (unpaired) electrons. The van der Waals surface area contributed by atoms with E-state index in [1.807, 2.05) is 0 Å². The molecule has 102 valence electrons. The Bertz CT molecular complexity index is 212. The van der Waals surface area contributed by atoms with Crippen molar-refractivity contribution in [3.05, 3.63) is 0 Å². The normalized spacial score (nSPS) is 16.5. The summed E-state index contributed by atoms with van der Waals surface area (Å²) in [6.07, 6.45) is -3.08. The Morgan fingerprint density at radius 2 is 1.65 bits per heavy atom. The van der Waals surface area contributed by atoms with Crippen LogP contribution in [0.3, 0.4) is 0 Å². The van der Waals surface area contributed by atoms with E-state index in [4.69, 9.17) is 5.11 Å². The number of hydrogen-bond acceptors (Lipinski definition) is 1. The van der Waals surface area contributed by atoms with E-state index in [1.165, 1.54) is 0 Å². The summed E-state index contributed by atoms with van der Waals surface area (Å²) in [5.74, 6) is -1.45. The monoisotopic (exact) mass is 254 g/mol. The lowest BCUT2D eigenvalue weighted by Gasteiger charge is -2.16. The second kappa shape index (κ2) is 9.31. The van der Waals surface area contributed by atoms with Gasteiger partial charge in [0, 0.05) is 0 Å². The molecule has 0 bridgehead atoms. The van der Waals surface area contributed by atoms with Gasteiger partial charge in [-0.3, -0.25) is 4.79 Å². The second-order valence-electron chi connectivity index (χ2n) is 4.28. The van der Waals surface area contributed by atoms with Gasteiger partial charge in [-0.05, 0) is 6.42 Å². The largest absolute Gasteiger partial charge is 0.481 e. The molecule has 0 saturated carbocycles. The number of aliphatic carboxylic acids is 1. The van der Waals surface area contributed by atoms with Crippen molar-refractivity contribution in [2.24, 2.45) is 0 Å². The average Bonchev–Trinajstić information content (AvgIpc) is 2.26. The maximum atomic E-state index is 13.2. The van der Waals surface area contributed by atoms with Gasteiger partial charge in [-0.25, -0.2) is 13.2 Å². The zero-order valence-corrected chi connectivity index (χ0v) is 10.2. The van der Waals surface area contributed by atoms with Crippen molar-refractivity contribution in [2.45, 2.75) is 70.4 Å². The molecule has 0 rings (SSSR count). The first-order valence-corrected chi connectivity index (χ1v) is 6.13. The highest BCUT2D eigenvalue weighted by Gasteiger charge is 2.30. The van der Waals surface area contributed by atoms with Crippen LogP contribution in [0.2, 0.25) is 0 Å². The minimum atomic E-state index is -2.32. The molecule has 1 N–H and O–H groups in total. The smallest absolute Gasteiger partial charge is 0.306 e. The number of carboxylic acid groups (broad SMARTS) is 1. The molecule has 0 fully saturated rings. The van der Waals surface area contributed by atoms with Crippen molar-refractivity contribution in [3.8, 4) is 0 Å². The maximum absolute atomic E-state index is 13.2. The lowest BCUT2D eigenvalue weighted by atomic mass is 10.0. The number of rotatable bonds is 10. The highest BCUT2D eigenvalue weighted by molar-refractivity contribution is 5.67. The molecule has 2 nitrogen and oxygen atoms in total. The number of unbranched alkanes of at least 4 members (excludes halogenated alkanes) is 4. The van der Waals surface area contributed by atoms with E-state index in [0.717, 1.165) is 25.7 Å². The Kier molecular flexibility index (Phi) is 8.90. The quantitative estimate of drug-likeness (QED) is 0.601. The summed E-state index contributed by atoms with van der Waals surface area (Å²) in [6.45, 7) is 2.05. The van der Waals surface area contributed by atoms with Gasteiger partial charge in [0.05, 0.1) is 6.42 Å². The van der Waals surface area contributed by atoms with Crippen LogP contribution in [-0.4, -0.2) is 29.6 Å². The topological polar surface area (TPSA) is 37.3 Å². The lowest BCUT2D eigenvalue weighted by Crippen LogP contribution is -2.30. The summed E-state index contributed by atoms with van der Waals surface area (Å²) >= 11 is 0. The van der Waals surface area contributed by atoms with E-state index in [1.54, 1.807) is 0 Å². The van der Waals surface area contributed by atoms with Gasteiger partial charge in [0.1, 0.15) is 12.3 Å². The van der Waals surface area contributed by atoms with Crippen molar-refractivity contribution >= 4 is 5.97 Å². The number of carboxylic acids is 1. The first kappa shape index (κ1) is 16.3. The molecule has 0 saturated heterocycles. The van der Waals surface area contributed by atoms with Crippen molar-refractivity contribution in [1.82, 2.24) is 0 Å². The third-order valence-corrected chi connectivity index (χ3v) is 2.64.